The van der Waals surface area contributed by atoms with Crippen LogP contribution >= 0.6 is 0 Å². The van der Waals surface area contributed by atoms with Crippen LogP contribution in [-0.2, 0) is 0 Å². The summed E-state index contributed by atoms with van der Waals surface area (Å²) in [7, 11) is 0. The van der Waals surface area contributed by atoms with Crippen molar-refractivity contribution in [1.29, 1.82) is 0 Å². The van der Waals surface area contributed by atoms with Crippen LogP contribution in [0.4, 0.5) is 0 Å². The molecule has 0 aromatic heterocycles. The zero-order valence-electron chi connectivity index (χ0n) is 5.25. The van der Waals surface area contributed by atoms with E-state index < -0.39 is 6.10 Å². The minimum atomic E-state index is -0.472. The topological polar surface area (TPSA) is 58.3 Å². The monoisotopic (exact) mass is 128 g/mol. The van der Waals surface area contributed by atoms with E-state index in [0.717, 1.165) is 6.54 Å². The molecule has 0 fully saturated rings. The van der Waals surface area contributed by atoms with Gasteiger partial charge in [0.05, 0.1) is 6.10 Å². The van der Waals surface area contributed by atoms with E-state index in [2.05, 4.69) is 5.32 Å². The van der Waals surface area contributed by atoms with Crippen molar-refractivity contribution >= 4 is 0 Å². The van der Waals surface area contributed by atoms with Crippen molar-refractivity contribution in [3.8, 4) is 0 Å². The van der Waals surface area contributed by atoms with Gasteiger partial charge in [0.1, 0.15) is 0 Å². The molecule has 0 radical (unpaired) electrons. The summed E-state index contributed by atoms with van der Waals surface area (Å²) in [6.45, 7) is 1.50. The van der Waals surface area contributed by atoms with E-state index >= 15 is 0 Å². The van der Waals surface area contributed by atoms with E-state index in [-0.39, 0.29) is 6.04 Å². The largest absolute Gasteiger partial charge is 0.387 e. The Bertz CT molecular complexity index is 114. The van der Waals surface area contributed by atoms with Gasteiger partial charge in [-0.25, -0.2) is 0 Å². The maximum absolute atomic E-state index is 9.11. The number of nitrogens with one attached hydrogen (secondary N) is 1. The van der Waals surface area contributed by atoms with Gasteiger partial charge in [-0.2, -0.15) is 0 Å². The number of aliphatic hydroxyl groups is 1. The average Bonchev–Trinajstić information content (AvgIpc) is 1.99. The van der Waals surface area contributed by atoms with Crippen LogP contribution in [0.3, 0.4) is 0 Å². The Balaban J connectivity index is 2.46. The first-order valence-corrected chi connectivity index (χ1v) is 3.12. The van der Waals surface area contributed by atoms with Crippen molar-refractivity contribution in [1.82, 2.24) is 5.32 Å². The molecule has 4 N–H and O–H groups in total. The molecule has 0 aliphatic carbocycles. The minimum Gasteiger partial charge on any atom is -0.387 e. The summed E-state index contributed by atoms with van der Waals surface area (Å²) < 4.78 is 0. The lowest BCUT2D eigenvalue weighted by Gasteiger charge is -2.11. The Morgan fingerprint density at radius 3 is 3.22 bits per heavy atom. The summed E-state index contributed by atoms with van der Waals surface area (Å²) in [5.41, 5.74) is 5.51. The molecule has 3 nitrogen and oxygen atoms in total. The quantitative estimate of drug-likeness (QED) is 0.360. The molecular weight excluding hydrogens is 116 g/mol. The Labute approximate surface area is 54.6 Å². The summed E-state index contributed by atoms with van der Waals surface area (Å²) in [4.78, 5) is 0. The van der Waals surface area contributed by atoms with E-state index in [1.54, 1.807) is 6.08 Å². The van der Waals surface area contributed by atoms with Crippen molar-refractivity contribution in [2.24, 2.45) is 5.73 Å². The molecule has 1 heterocycles. The first-order chi connectivity index (χ1) is 4.30. The standard InChI is InChI=1S/C6H12N2O/c7-5-4-8-3-1-2-6(5)9/h1-2,5-6,8-9H,3-4,7H2/t5-,6-/m1/s1. The van der Waals surface area contributed by atoms with Crippen LogP contribution in [0.1, 0.15) is 0 Å². The highest BCUT2D eigenvalue weighted by atomic mass is 16.3. The molecule has 2 atom stereocenters. The molecule has 1 aliphatic heterocycles. The van der Waals surface area contributed by atoms with Gasteiger partial charge in [-0.15, -0.1) is 0 Å². The first-order valence-electron chi connectivity index (χ1n) is 3.12. The Kier molecular flexibility index (Phi) is 2.22. The lowest BCUT2D eigenvalue weighted by molar-refractivity contribution is 0.192. The van der Waals surface area contributed by atoms with Crippen LogP contribution in [0.2, 0.25) is 0 Å². The van der Waals surface area contributed by atoms with Crippen LogP contribution in [0, 0.1) is 0 Å². The molecule has 0 spiro atoms. The molecular formula is C6H12N2O. The van der Waals surface area contributed by atoms with Gasteiger partial charge in [0.25, 0.3) is 0 Å². The van der Waals surface area contributed by atoms with Crippen LogP contribution in [0.25, 0.3) is 0 Å². The van der Waals surface area contributed by atoms with Gasteiger partial charge in [-0.3, -0.25) is 0 Å². The Hall–Kier alpha value is -0.380. The van der Waals surface area contributed by atoms with Gasteiger partial charge >= 0.3 is 0 Å². The molecule has 1 rings (SSSR count). The van der Waals surface area contributed by atoms with Crippen LogP contribution in [0.15, 0.2) is 12.2 Å². The molecule has 0 saturated heterocycles. The van der Waals surface area contributed by atoms with Crippen LogP contribution < -0.4 is 11.1 Å². The van der Waals surface area contributed by atoms with Gasteiger partial charge in [0, 0.05) is 19.1 Å². The maximum Gasteiger partial charge on any atom is 0.0884 e. The van der Waals surface area contributed by atoms with Crippen molar-refractivity contribution in [2.75, 3.05) is 13.1 Å². The molecule has 0 aromatic carbocycles. The van der Waals surface area contributed by atoms with Crippen LogP contribution in [0.5, 0.6) is 0 Å². The molecule has 52 valence electrons. The zero-order chi connectivity index (χ0) is 6.69. The van der Waals surface area contributed by atoms with E-state index in [1.807, 2.05) is 6.08 Å². The van der Waals surface area contributed by atoms with Crippen molar-refractivity contribution < 1.29 is 5.11 Å². The number of hydrogen-bond acceptors (Lipinski definition) is 3. The lowest BCUT2D eigenvalue weighted by atomic mass is 10.2. The second-order valence-electron chi connectivity index (χ2n) is 2.24. The fourth-order valence-electron chi connectivity index (χ4n) is 0.804. The Morgan fingerprint density at radius 1 is 1.67 bits per heavy atom. The van der Waals surface area contributed by atoms with Gasteiger partial charge in [0.15, 0.2) is 0 Å². The summed E-state index contributed by atoms with van der Waals surface area (Å²) >= 11 is 0. The molecule has 3 heteroatoms. The fourth-order valence-corrected chi connectivity index (χ4v) is 0.804. The predicted molar refractivity (Wildman–Crippen MR) is 36.0 cm³/mol. The Morgan fingerprint density at radius 2 is 2.44 bits per heavy atom. The summed E-state index contributed by atoms with van der Waals surface area (Å²) in [5.74, 6) is 0. The first kappa shape index (κ1) is 6.74. The fraction of sp³-hybridized carbons (Fsp3) is 0.667. The molecule has 9 heavy (non-hydrogen) atoms. The predicted octanol–water partition coefficient (Wildman–Crippen LogP) is -1.17. The SMILES string of the molecule is N[C@@H]1CNCC=C[C@H]1O. The summed E-state index contributed by atoms with van der Waals surface area (Å²) in [6, 6.07) is -0.149. The highest BCUT2D eigenvalue weighted by Gasteiger charge is 2.11. The van der Waals surface area contributed by atoms with Gasteiger partial charge in [0.2, 0.25) is 0 Å². The molecule has 0 saturated carbocycles. The van der Waals surface area contributed by atoms with Gasteiger partial charge < -0.3 is 16.2 Å². The summed E-state index contributed by atoms with van der Waals surface area (Å²) in [5, 5.41) is 12.2. The molecule has 1 aliphatic rings. The van der Waals surface area contributed by atoms with Crippen LogP contribution in [-0.4, -0.2) is 30.3 Å². The van der Waals surface area contributed by atoms with Gasteiger partial charge in [-0.1, -0.05) is 12.2 Å². The highest BCUT2D eigenvalue weighted by Crippen LogP contribution is 1.94. The van der Waals surface area contributed by atoms with Crippen molar-refractivity contribution in [2.45, 2.75) is 12.1 Å². The molecule has 0 amide bonds. The smallest absolute Gasteiger partial charge is 0.0884 e. The third kappa shape index (κ3) is 1.78. The normalized spacial score (nSPS) is 36.2. The number of rotatable bonds is 0. The van der Waals surface area contributed by atoms with E-state index in [9.17, 15) is 0 Å². The second-order valence-corrected chi connectivity index (χ2v) is 2.24. The minimum absolute atomic E-state index is 0.149. The third-order valence-electron chi connectivity index (χ3n) is 1.41. The molecule has 0 unspecified atom stereocenters. The zero-order valence-corrected chi connectivity index (χ0v) is 5.25. The highest BCUT2D eigenvalue weighted by molar-refractivity contribution is 4.98. The number of hydrogen-bond donors (Lipinski definition) is 3. The third-order valence-corrected chi connectivity index (χ3v) is 1.41. The molecule has 0 bridgehead atoms. The van der Waals surface area contributed by atoms with Gasteiger partial charge in [-0.05, 0) is 0 Å². The van der Waals surface area contributed by atoms with E-state index in [4.69, 9.17) is 10.8 Å². The average molecular weight is 128 g/mol. The molecule has 0 aromatic rings. The van der Waals surface area contributed by atoms with Crippen molar-refractivity contribution in [3.63, 3.8) is 0 Å². The second kappa shape index (κ2) is 2.96. The maximum atomic E-state index is 9.11. The summed E-state index contributed by atoms with van der Waals surface area (Å²) in [6.07, 6.45) is 3.14. The van der Waals surface area contributed by atoms with Crippen molar-refractivity contribution in [3.05, 3.63) is 12.2 Å². The number of nitrogens with two attached hydrogens (primary N) is 1. The number of aliphatic hydroxyl groups excluding tert-OH is 1. The van der Waals surface area contributed by atoms with E-state index in [1.165, 1.54) is 0 Å². The van der Waals surface area contributed by atoms with E-state index in [0.29, 0.717) is 6.54 Å². The lowest BCUT2D eigenvalue weighted by Crippen LogP contribution is -2.40.